The fourth-order valence-electron chi connectivity index (χ4n) is 5.34. The summed E-state index contributed by atoms with van der Waals surface area (Å²) in [6.45, 7) is 7.37. The Kier molecular flexibility index (Phi) is 5.50. The molecular formula is C24H35N2O2+. The standard InChI is InChI=1S/C24H34N2O2/c1-24(2)13-22-21(23(27)14-24)16-25(15-18-9-11-20(28-3)12-10-18)17-26(22)19-7-5-4-6-8-19/h9-12,19H,4-8,13-17H2,1-3H3/p+1. The molecule has 152 valence electrons. The maximum Gasteiger partial charge on any atom is 0.166 e. The molecule has 0 aromatic heterocycles. The van der Waals surface area contributed by atoms with Gasteiger partial charge in [0.1, 0.15) is 18.8 Å². The molecule has 3 aliphatic rings. The third-order valence-electron chi connectivity index (χ3n) is 6.77. The second-order valence-electron chi connectivity index (χ2n) is 9.74. The van der Waals surface area contributed by atoms with Crippen LogP contribution < -0.4 is 9.64 Å². The number of carbonyl (C=O) groups is 1. The highest BCUT2D eigenvalue weighted by Gasteiger charge is 2.42. The van der Waals surface area contributed by atoms with Crippen molar-refractivity contribution in [3.05, 3.63) is 41.1 Å². The molecule has 0 bridgehead atoms. The lowest BCUT2D eigenvalue weighted by molar-refractivity contribution is -0.921. The molecule has 1 N–H and O–H groups in total. The number of ketones is 1. The molecular weight excluding hydrogens is 348 g/mol. The van der Waals surface area contributed by atoms with Gasteiger partial charge in [-0.05, 0) is 48.9 Å². The maximum absolute atomic E-state index is 13.0. The van der Waals surface area contributed by atoms with Crippen molar-refractivity contribution in [2.45, 2.75) is 71.4 Å². The zero-order chi connectivity index (χ0) is 19.7. The topological polar surface area (TPSA) is 34.0 Å². The van der Waals surface area contributed by atoms with Gasteiger partial charge in [0.2, 0.25) is 0 Å². The van der Waals surface area contributed by atoms with Gasteiger partial charge in [0.25, 0.3) is 0 Å². The Bertz CT molecular complexity index is 744. The minimum atomic E-state index is 0.0936. The van der Waals surface area contributed by atoms with E-state index in [4.69, 9.17) is 4.74 Å². The zero-order valence-corrected chi connectivity index (χ0v) is 17.7. The first-order valence-electron chi connectivity index (χ1n) is 10.9. The van der Waals surface area contributed by atoms with Crippen LogP contribution in [0.25, 0.3) is 0 Å². The summed E-state index contributed by atoms with van der Waals surface area (Å²) < 4.78 is 5.29. The SMILES string of the molecule is COc1ccc(C[NH+]2CC3=C(CC(C)(C)CC3=O)N(C3CCCCC3)C2)cc1. The minimum Gasteiger partial charge on any atom is -0.497 e. The molecule has 1 unspecified atom stereocenters. The Balaban J connectivity index is 1.59. The number of quaternary nitrogens is 1. The molecule has 1 fully saturated rings. The number of carbonyl (C=O) groups excluding carboxylic acids is 1. The van der Waals surface area contributed by atoms with Gasteiger partial charge in [0.05, 0.1) is 12.7 Å². The Morgan fingerprint density at radius 2 is 1.82 bits per heavy atom. The number of Topliss-reactive ketones (excluding diaryl/α,β-unsaturated/α-hetero) is 1. The molecule has 1 aliphatic heterocycles. The van der Waals surface area contributed by atoms with Gasteiger partial charge in [0, 0.05) is 23.7 Å². The van der Waals surface area contributed by atoms with E-state index in [9.17, 15) is 4.79 Å². The Morgan fingerprint density at radius 1 is 1.11 bits per heavy atom. The predicted molar refractivity (Wildman–Crippen MR) is 111 cm³/mol. The Hall–Kier alpha value is -1.81. The van der Waals surface area contributed by atoms with Crippen LogP contribution in [0.15, 0.2) is 35.5 Å². The first-order chi connectivity index (χ1) is 13.4. The van der Waals surface area contributed by atoms with Gasteiger partial charge in [0.15, 0.2) is 12.5 Å². The highest BCUT2D eigenvalue weighted by molar-refractivity contribution is 5.97. The first-order valence-corrected chi connectivity index (χ1v) is 10.9. The number of nitrogens with one attached hydrogen (secondary N) is 1. The number of nitrogens with zero attached hydrogens (tertiary/aromatic N) is 1. The Morgan fingerprint density at radius 3 is 2.50 bits per heavy atom. The lowest BCUT2D eigenvalue weighted by Crippen LogP contribution is -3.13. The molecule has 4 nitrogen and oxygen atoms in total. The quantitative estimate of drug-likeness (QED) is 0.866. The highest BCUT2D eigenvalue weighted by atomic mass is 16.5. The van der Waals surface area contributed by atoms with Crippen LogP contribution in [0.1, 0.15) is 64.4 Å². The second kappa shape index (κ2) is 7.90. The van der Waals surface area contributed by atoms with E-state index in [1.807, 2.05) is 12.1 Å². The summed E-state index contributed by atoms with van der Waals surface area (Å²) in [4.78, 5) is 17.2. The molecule has 28 heavy (non-hydrogen) atoms. The van der Waals surface area contributed by atoms with Crippen LogP contribution in [0, 0.1) is 5.41 Å². The molecule has 0 saturated heterocycles. The summed E-state index contributed by atoms with van der Waals surface area (Å²) in [5, 5.41) is 0. The number of hydrogen-bond acceptors (Lipinski definition) is 3. The van der Waals surface area contributed by atoms with Crippen molar-refractivity contribution >= 4 is 5.78 Å². The summed E-state index contributed by atoms with van der Waals surface area (Å²) in [6.07, 6.45) is 8.33. The maximum atomic E-state index is 13.0. The van der Waals surface area contributed by atoms with Crippen LogP contribution >= 0.6 is 0 Å². The number of methoxy groups -OCH3 is 1. The normalized spacial score (nSPS) is 25.6. The van der Waals surface area contributed by atoms with E-state index in [-0.39, 0.29) is 5.41 Å². The van der Waals surface area contributed by atoms with Gasteiger partial charge in [-0.3, -0.25) is 4.79 Å². The van der Waals surface area contributed by atoms with E-state index in [0.29, 0.717) is 18.2 Å². The molecule has 1 aromatic rings. The lowest BCUT2D eigenvalue weighted by Gasteiger charge is -2.47. The summed E-state index contributed by atoms with van der Waals surface area (Å²) >= 11 is 0. The van der Waals surface area contributed by atoms with Gasteiger partial charge in [-0.15, -0.1) is 0 Å². The zero-order valence-electron chi connectivity index (χ0n) is 17.7. The molecule has 0 spiro atoms. The summed E-state index contributed by atoms with van der Waals surface area (Å²) in [5.41, 5.74) is 3.91. The fraction of sp³-hybridized carbons (Fsp3) is 0.625. The van der Waals surface area contributed by atoms with Gasteiger partial charge in [-0.25, -0.2) is 0 Å². The molecule has 4 rings (SSSR count). The van der Waals surface area contributed by atoms with Crippen molar-refractivity contribution in [2.75, 3.05) is 20.3 Å². The van der Waals surface area contributed by atoms with Crippen molar-refractivity contribution in [3.8, 4) is 5.75 Å². The van der Waals surface area contributed by atoms with E-state index in [2.05, 4.69) is 30.9 Å². The number of rotatable bonds is 4. The third-order valence-corrected chi connectivity index (χ3v) is 6.77. The smallest absolute Gasteiger partial charge is 0.166 e. The summed E-state index contributed by atoms with van der Waals surface area (Å²) in [6, 6.07) is 9.01. The highest BCUT2D eigenvalue weighted by Crippen LogP contribution is 2.40. The Labute approximate surface area is 169 Å². The van der Waals surface area contributed by atoms with Crippen molar-refractivity contribution in [3.63, 3.8) is 0 Å². The molecule has 1 aromatic carbocycles. The van der Waals surface area contributed by atoms with Crippen molar-refractivity contribution < 1.29 is 14.4 Å². The molecule has 1 atom stereocenters. The molecule has 0 amide bonds. The average molecular weight is 384 g/mol. The van der Waals surface area contributed by atoms with Crippen molar-refractivity contribution in [2.24, 2.45) is 5.41 Å². The van der Waals surface area contributed by atoms with Gasteiger partial charge in [-0.1, -0.05) is 33.1 Å². The lowest BCUT2D eigenvalue weighted by atomic mass is 9.74. The van der Waals surface area contributed by atoms with Gasteiger partial charge < -0.3 is 14.5 Å². The van der Waals surface area contributed by atoms with Crippen LogP contribution in [0.4, 0.5) is 0 Å². The number of allylic oxidation sites excluding steroid dienone is 1. The van der Waals surface area contributed by atoms with E-state index in [1.54, 1.807) is 7.11 Å². The monoisotopic (exact) mass is 383 g/mol. The van der Waals surface area contributed by atoms with Crippen LogP contribution in [-0.2, 0) is 11.3 Å². The number of ether oxygens (including phenoxy) is 1. The van der Waals surface area contributed by atoms with Crippen LogP contribution in [0.2, 0.25) is 0 Å². The first kappa shape index (κ1) is 19.5. The minimum absolute atomic E-state index is 0.0936. The van der Waals surface area contributed by atoms with E-state index < -0.39 is 0 Å². The van der Waals surface area contributed by atoms with Crippen molar-refractivity contribution in [1.82, 2.24) is 4.90 Å². The van der Waals surface area contributed by atoms with E-state index in [1.165, 1.54) is 48.3 Å². The number of benzene rings is 1. The summed E-state index contributed by atoms with van der Waals surface area (Å²) in [7, 11) is 1.71. The van der Waals surface area contributed by atoms with Crippen LogP contribution in [0.5, 0.6) is 5.75 Å². The van der Waals surface area contributed by atoms with E-state index >= 15 is 0 Å². The largest absolute Gasteiger partial charge is 0.497 e. The molecule has 0 radical (unpaired) electrons. The van der Waals surface area contributed by atoms with Crippen molar-refractivity contribution in [1.29, 1.82) is 0 Å². The number of hydrogen-bond donors (Lipinski definition) is 1. The fourth-order valence-corrected chi connectivity index (χ4v) is 5.34. The van der Waals surface area contributed by atoms with E-state index in [0.717, 1.165) is 37.5 Å². The predicted octanol–water partition coefficient (Wildman–Crippen LogP) is 3.33. The molecule has 1 heterocycles. The van der Waals surface area contributed by atoms with Gasteiger partial charge in [-0.2, -0.15) is 0 Å². The van der Waals surface area contributed by atoms with Crippen LogP contribution in [-0.4, -0.2) is 37.0 Å². The molecule has 1 saturated carbocycles. The summed E-state index contributed by atoms with van der Waals surface area (Å²) in [5.74, 6) is 1.29. The van der Waals surface area contributed by atoms with Crippen LogP contribution in [0.3, 0.4) is 0 Å². The average Bonchev–Trinajstić information content (AvgIpc) is 2.69. The molecule has 4 heteroatoms. The third kappa shape index (κ3) is 4.12. The molecule has 2 aliphatic carbocycles. The second-order valence-corrected chi connectivity index (χ2v) is 9.74. The van der Waals surface area contributed by atoms with Gasteiger partial charge >= 0.3 is 0 Å².